The first kappa shape index (κ1) is 16.0. The molecule has 19 heavy (non-hydrogen) atoms. The van der Waals surface area contributed by atoms with Crippen LogP contribution in [-0.2, 0) is 0 Å². The van der Waals surface area contributed by atoms with Gasteiger partial charge in [-0.2, -0.15) is 0 Å². The Balaban J connectivity index is 2.13. The first-order valence-corrected chi connectivity index (χ1v) is 7.29. The van der Waals surface area contributed by atoms with Crippen LogP contribution in [-0.4, -0.2) is 25.7 Å². The van der Waals surface area contributed by atoms with Gasteiger partial charge in [-0.3, -0.25) is 0 Å². The van der Waals surface area contributed by atoms with Crippen molar-refractivity contribution in [2.45, 2.75) is 46.1 Å². The summed E-state index contributed by atoms with van der Waals surface area (Å²) in [6.07, 6.45) is 3.52. The summed E-state index contributed by atoms with van der Waals surface area (Å²) in [7, 11) is 0. The van der Waals surface area contributed by atoms with Crippen molar-refractivity contribution in [1.29, 1.82) is 0 Å². The van der Waals surface area contributed by atoms with Crippen LogP contribution in [0.25, 0.3) is 0 Å². The zero-order chi connectivity index (χ0) is 14.1. The van der Waals surface area contributed by atoms with Crippen molar-refractivity contribution in [3.05, 3.63) is 29.3 Å². The van der Waals surface area contributed by atoms with E-state index in [1.54, 1.807) is 0 Å². The number of rotatable bonds is 9. The van der Waals surface area contributed by atoms with Gasteiger partial charge in [-0.05, 0) is 43.5 Å². The quantitative estimate of drug-likeness (QED) is 0.674. The summed E-state index contributed by atoms with van der Waals surface area (Å²) in [5, 5.41) is 3.34. The van der Waals surface area contributed by atoms with Gasteiger partial charge in [-0.25, -0.2) is 0 Å². The lowest BCUT2D eigenvalue weighted by Gasteiger charge is -2.13. The van der Waals surface area contributed by atoms with E-state index in [1.165, 1.54) is 24.0 Å². The zero-order valence-corrected chi connectivity index (χ0v) is 12.5. The van der Waals surface area contributed by atoms with Gasteiger partial charge in [0.05, 0.1) is 0 Å². The summed E-state index contributed by atoms with van der Waals surface area (Å²) < 4.78 is 5.73. The van der Waals surface area contributed by atoms with E-state index >= 15 is 0 Å². The van der Waals surface area contributed by atoms with Gasteiger partial charge in [0.1, 0.15) is 12.4 Å². The molecule has 3 nitrogen and oxygen atoms in total. The molecule has 1 rings (SSSR count). The number of nitrogens with two attached hydrogens (primary N) is 1. The number of hydrogen-bond donors (Lipinski definition) is 2. The Labute approximate surface area is 117 Å². The number of ether oxygens (including phenoxy) is 1. The molecular weight excluding hydrogens is 236 g/mol. The Morgan fingerprint density at radius 3 is 2.53 bits per heavy atom. The minimum atomic E-state index is 0.265. The van der Waals surface area contributed by atoms with Crippen LogP contribution >= 0.6 is 0 Å². The molecule has 0 bridgehead atoms. The first-order valence-electron chi connectivity index (χ1n) is 7.29. The van der Waals surface area contributed by atoms with E-state index in [1.807, 2.05) is 0 Å². The maximum Gasteiger partial charge on any atom is 0.119 e. The summed E-state index contributed by atoms with van der Waals surface area (Å²) in [6, 6.07) is 6.55. The molecule has 0 amide bonds. The van der Waals surface area contributed by atoms with Gasteiger partial charge in [-0.1, -0.05) is 25.8 Å². The fourth-order valence-electron chi connectivity index (χ4n) is 2.11. The topological polar surface area (TPSA) is 47.3 Å². The molecule has 0 saturated carbocycles. The third kappa shape index (κ3) is 7.19. The summed E-state index contributed by atoms with van der Waals surface area (Å²) in [4.78, 5) is 0. The van der Waals surface area contributed by atoms with Crippen molar-refractivity contribution in [2.75, 3.05) is 19.7 Å². The molecule has 108 valence electrons. The summed E-state index contributed by atoms with van der Waals surface area (Å²) in [5.41, 5.74) is 8.47. The molecule has 0 aliphatic heterocycles. The Morgan fingerprint density at radius 1 is 1.21 bits per heavy atom. The molecule has 0 aliphatic rings. The number of aryl methyl sites for hydroxylation is 2. The van der Waals surface area contributed by atoms with Crippen LogP contribution in [0.5, 0.6) is 5.75 Å². The molecular formula is C16H28N2O. The van der Waals surface area contributed by atoms with Gasteiger partial charge in [0.15, 0.2) is 0 Å². The summed E-state index contributed by atoms with van der Waals surface area (Å²) >= 11 is 0. The van der Waals surface area contributed by atoms with Crippen LogP contribution < -0.4 is 15.8 Å². The molecule has 0 fully saturated rings. The van der Waals surface area contributed by atoms with Gasteiger partial charge < -0.3 is 15.8 Å². The molecule has 0 spiro atoms. The molecule has 1 unspecified atom stereocenters. The second kappa shape index (κ2) is 8.94. The van der Waals surface area contributed by atoms with Crippen LogP contribution in [0.15, 0.2) is 18.2 Å². The number of unbranched alkanes of at least 4 members (excludes halogenated alkanes) is 1. The van der Waals surface area contributed by atoms with Crippen LogP contribution in [0.1, 0.15) is 37.3 Å². The number of benzene rings is 1. The first-order chi connectivity index (χ1) is 9.11. The second-order valence-electron chi connectivity index (χ2n) is 5.28. The summed E-state index contributed by atoms with van der Waals surface area (Å²) in [6.45, 7) is 8.76. The standard InChI is InChI=1S/C16H28N2O/c1-4-5-6-15(17)12-18-7-8-19-16-10-13(2)9-14(3)11-16/h9-11,15,18H,4-8,12,17H2,1-3H3. The maximum absolute atomic E-state index is 5.99. The monoisotopic (exact) mass is 264 g/mol. The fraction of sp³-hybridized carbons (Fsp3) is 0.625. The normalized spacial score (nSPS) is 12.4. The second-order valence-corrected chi connectivity index (χ2v) is 5.28. The molecule has 0 radical (unpaired) electrons. The molecule has 3 heteroatoms. The van der Waals surface area contributed by atoms with Crippen LogP contribution in [0.3, 0.4) is 0 Å². The van der Waals surface area contributed by atoms with E-state index in [9.17, 15) is 0 Å². The van der Waals surface area contributed by atoms with E-state index in [4.69, 9.17) is 10.5 Å². The molecule has 1 aromatic rings. The highest BCUT2D eigenvalue weighted by molar-refractivity contribution is 5.32. The molecule has 3 N–H and O–H groups in total. The van der Waals surface area contributed by atoms with E-state index in [0.29, 0.717) is 6.61 Å². The van der Waals surface area contributed by atoms with Crippen molar-refractivity contribution in [2.24, 2.45) is 5.73 Å². The Hall–Kier alpha value is -1.06. The fourth-order valence-corrected chi connectivity index (χ4v) is 2.11. The molecule has 0 aliphatic carbocycles. The van der Waals surface area contributed by atoms with Crippen LogP contribution in [0, 0.1) is 13.8 Å². The van der Waals surface area contributed by atoms with Gasteiger partial charge in [0.25, 0.3) is 0 Å². The van der Waals surface area contributed by atoms with E-state index in [-0.39, 0.29) is 6.04 Å². The third-order valence-corrected chi connectivity index (χ3v) is 3.08. The van der Waals surface area contributed by atoms with Crippen molar-refractivity contribution < 1.29 is 4.74 Å². The summed E-state index contributed by atoms with van der Waals surface area (Å²) in [5.74, 6) is 0.953. The van der Waals surface area contributed by atoms with E-state index in [0.717, 1.165) is 25.3 Å². The number of nitrogens with one attached hydrogen (secondary N) is 1. The van der Waals surface area contributed by atoms with Gasteiger partial charge in [0.2, 0.25) is 0 Å². The van der Waals surface area contributed by atoms with Gasteiger partial charge in [0, 0.05) is 19.1 Å². The Bertz CT molecular complexity index is 346. The van der Waals surface area contributed by atoms with Gasteiger partial charge in [-0.15, -0.1) is 0 Å². The smallest absolute Gasteiger partial charge is 0.119 e. The lowest BCUT2D eigenvalue weighted by Crippen LogP contribution is -2.35. The van der Waals surface area contributed by atoms with Crippen molar-refractivity contribution in [3.8, 4) is 5.75 Å². The minimum Gasteiger partial charge on any atom is -0.492 e. The van der Waals surface area contributed by atoms with Crippen molar-refractivity contribution >= 4 is 0 Å². The van der Waals surface area contributed by atoms with Gasteiger partial charge >= 0.3 is 0 Å². The average Bonchev–Trinajstić information content (AvgIpc) is 2.34. The highest BCUT2D eigenvalue weighted by Crippen LogP contribution is 2.15. The maximum atomic E-state index is 5.99. The molecule has 0 saturated heterocycles. The molecule has 1 aromatic carbocycles. The highest BCUT2D eigenvalue weighted by Gasteiger charge is 2.01. The third-order valence-electron chi connectivity index (χ3n) is 3.08. The lowest BCUT2D eigenvalue weighted by atomic mass is 10.1. The van der Waals surface area contributed by atoms with E-state index < -0.39 is 0 Å². The van der Waals surface area contributed by atoms with Crippen molar-refractivity contribution in [1.82, 2.24) is 5.32 Å². The molecule has 0 heterocycles. The lowest BCUT2D eigenvalue weighted by molar-refractivity contribution is 0.311. The van der Waals surface area contributed by atoms with Crippen LogP contribution in [0.4, 0.5) is 0 Å². The average molecular weight is 264 g/mol. The predicted octanol–water partition coefficient (Wildman–Crippen LogP) is 2.79. The molecule has 1 atom stereocenters. The van der Waals surface area contributed by atoms with E-state index in [2.05, 4.69) is 44.3 Å². The minimum absolute atomic E-state index is 0.265. The molecule has 0 aromatic heterocycles. The number of hydrogen-bond acceptors (Lipinski definition) is 3. The van der Waals surface area contributed by atoms with Crippen LogP contribution in [0.2, 0.25) is 0 Å². The Morgan fingerprint density at radius 2 is 1.89 bits per heavy atom. The SMILES string of the molecule is CCCCC(N)CNCCOc1cc(C)cc(C)c1. The Kier molecular flexibility index (Phi) is 7.53. The largest absolute Gasteiger partial charge is 0.492 e. The highest BCUT2D eigenvalue weighted by atomic mass is 16.5. The predicted molar refractivity (Wildman–Crippen MR) is 81.8 cm³/mol. The zero-order valence-electron chi connectivity index (χ0n) is 12.5. The van der Waals surface area contributed by atoms with Crippen molar-refractivity contribution in [3.63, 3.8) is 0 Å².